The summed E-state index contributed by atoms with van der Waals surface area (Å²) >= 11 is 12.1. The third-order valence-electron chi connectivity index (χ3n) is 3.85. The van der Waals surface area contributed by atoms with Crippen LogP contribution in [0.5, 0.6) is 0 Å². The molecule has 0 spiro atoms. The van der Waals surface area contributed by atoms with Crippen LogP contribution in [0, 0.1) is 0 Å². The number of anilines is 1. The Labute approximate surface area is 160 Å². The van der Waals surface area contributed by atoms with Crippen LogP contribution >= 0.6 is 23.2 Å². The van der Waals surface area contributed by atoms with Crippen LogP contribution in [0.15, 0.2) is 48.8 Å². The summed E-state index contributed by atoms with van der Waals surface area (Å²) in [6, 6.07) is 9.68. The number of rotatable bonds is 5. The smallest absolute Gasteiger partial charge is 0.268 e. The number of carbonyl (C=O) groups is 1. The molecule has 0 fully saturated rings. The molecule has 0 saturated carbocycles. The zero-order chi connectivity index (χ0) is 18.7. The van der Waals surface area contributed by atoms with Gasteiger partial charge < -0.3 is 21.1 Å². The van der Waals surface area contributed by atoms with Crippen LogP contribution in [-0.4, -0.2) is 27.6 Å². The number of hydrogen-bond acceptors (Lipinski definition) is 4. The molecule has 1 amide bonds. The average molecular weight is 391 g/mol. The fourth-order valence-corrected chi connectivity index (χ4v) is 2.96. The number of aliphatic hydroxyl groups excluding tert-OH is 1. The van der Waals surface area contributed by atoms with Gasteiger partial charge in [-0.15, -0.1) is 0 Å². The number of aromatic amines is 1. The fraction of sp³-hybridized carbons (Fsp3) is 0.111. The first-order chi connectivity index (χ1) is 12.5. The Morgan fingerprint density at radius 3 is 2.85 bits per heavy atom. The Hall–Kier alpha value is -2.54. The quantitative estimate of drug-likeness (QED) is 0.535. The van der Waals surface area contributed by atoms with Crippen molar-refractivity contribution < 1.29 is 9.90 Å². The zero-order valence-electron chi connectivity index (χ0n) is 13.5. The molecular formula is C18H16Cl2N4O2. The van der Waals surface area contributed by atoms with Gasteiger partial charge in [0.1, 0.15) is 11.5 Å². The molecular weight excluding hydrogens is 375 g/mol. The summed E-state index contributed by atoms with van der Waals surface area (Å²) < 4.78 is 0. The Kier molecular flexibility index (Phi) is 5.46. The summed E-state index contributed by atoms with van der Waals surface area (Å²) in [4.78, 5) is 19.3. The number of nitrogens with one attached hydrogen (secondary N) is 2. The van der Waals surface area contributed by atoms with Crippen molar-refractivity contribution in [1.29, 1.82) is 0 Å². The Morgan fingerprint density at radius 2 is 2.12 bits per heavy atom. The summed E-state index contributed by atoms with van der Waals surface area (Å²) in [5.74, 6) is -0.0358. The molecule has 3 aromatic rings. The van der Waals surface area contributed by atoms with Gasteiger partial charge in [0, 0.05) is 28.5 Å². The fourth-order valence-electron chi connectivity index (χ4n) is 2.55. The van der Waals surface area contributed by atoms with Crippen molar-refractivity contribution in [3.05, 3.63) is 70.1 Å². The molecule has 1 atom stereocenters. The van der Waals surface area contributed by atoms with E-state index in [1.165, 1.54) is 6.20 Å². The van der Waals surface area contributed by atoms with Crippen molar-refractivity contribution in [3.8, 4) is 11.1 Å². The van der Waals surface area contributed by atoms with Gasteiger partial charge in [-0.05, 0) is 29.8 Å². The van der Waals surface area contributed by atoms with E-state index < -0.39 is 6.04 Å². The number of H-pyrrole nitrogens is 1. The van der Waals surface area contributed by atoms with E-state index in [2.05, 4.69) is 15.3 Å². The van der Waals surface area contributed by atoms with Crippen molar-refractivity contribution in [2.75, 3.05) is 12.3 Å². The Balaban J connectivity index is 1.80. The predicted molar refractivity (Wildman–Crippen MR) is 102 cm³/mol. The second-order valence-electron chi connectivity index (χ2n) is 5.65. The van der Waals surface area contributed by atoms with Crippen molar-refractivity contribution in [1.82, 2.24) is 15.3 Å². The molecule has 1 aromatic carbocycles. The first kappa shape index (κ1) is 18.3. The molecule has 0 aliphatic rings. The number of carbonyl (C=O) groups excluding carboxylic acids is 1. The second-order valence-corrected chi connectivity index (χ2v) is 6.50. The van der Waals surface area contributed by atoms with Crippen LogP contribution in [0.2, 0.25) is 10.0 Å². The van der Waals surface area contributed by atoms with Crippen LogP contribution in [0.3, 0.4) is 0 Å². The molecule has 2 heterocycles. The van der Waals surface area contributed by atoms with Gasteiger partial charge in [0.2, 0.25) is 0 Å². The molecule has 0 saturated heterocycles. The predicted octanol–water partition coefficient (Wildman–Crippen LogP) is 3.43. The standard InChI is InChI=1S/C18H16Cl2N4O2/c19-12-3-1-2-10(4-12)16(9-25)24-18(26)15-5-11(7-22-15)13-6-17(21)23-8-14(13)20/h1-8,16,22,25H,9H2,(H2,21,23)(H,24,26)/t16-/m1/s1. The van der Waals surface area contributed by atoms with Crippen molar-refractivity contribution in [2.45, 2.75) is 6.04 Å². The normalized spacial score (nSPS) is 12.0. The number of benzene rings is 1. The first-order valence-corrected chi connectivity index (χ1v) is 8.50. The highest BCUT2D eigenvalue weighted by Gasteiger charge is 2.17. The van der Waals surface area contributed by atoms with Gasteiger partial charge in [0.05, 0.1) is 17.7 Å². The maximum atomic E-state index is 12.5. The van der Waals surface area contributed by atoms with Crippen LogP contribution in [0.4, 0.5) is 5.82 Å². The second kappa shape index (κ2) is 7.78. The van der Waals surface area contributed by atoms with Crippen molar-refractivity contribution in [2.24, 2.45) is 0 Å². The molecule has 26 heavy (non-hydrogen) atoms. The number of nitrogens with zero attached hydrogens (tertiary/aromatic N) is 1. The molecule has 0 radical (unpaired) electrons. The van der Waals surface area contributed by atoms with Crippen molar-refractivity contribution in [3.63, 3.8) is 0 Å². The van der Waals surface area contributed by atoms with E-state index >= 15 is 0 Å². The number of aliphatic hydroxyl groups is 1. The number of nitrogens with two attached hydrogens (primary N) is 1. The number of hydrogen-bond donors (Lipinski definition) is 4. The van der Waals surface area contributed by atoms with Gasteiger partial charge in [-0.3, -0.25) is 4.79 Å². The summed E-state index contributed by atoms with van der Waals surface area (Å²) in [6.07, 6.45) is 3.11. The van der Waals surface area contributed by atoms with Gasteiger partial charge in [-0.2, -0.15) is 0 Å². The van der Waals surface area contributed by atoms with Gasteiger partial charge in [-0.1, -0.05) is 35.3 Å². The van der Waals surface area contributed by atoms with E-state index in [-0.39, 0.29) is 12.5 Å². The molecule has 8 heteroatoms. The highest BCUT2D eigenvalue weighted by molar-refractivity contribution is 6.33. The number of nitrogen functional groups attached to an aromatic ring is 1. The van der Waals surface area contributed by atoms with E-state index in [1.54, 1.807) is 42.6 Å². The summed E-state index contributed by atoms with van der Waals surface area (Å²) in [7, 11) is 0. The first-order valence-electron chi connectivity index (χ1n) is 7.75. The number of amides is 1. The topological polar surface area (TPSA) is 104 Å². The monoisotopic (exact) mass is 390 g/mol. The van der Waals surface area contributed by atoms with Gasteiger partial charge in [0.15, 0.2) is 0 Å². The third-order valence-corrected chi connectivity index (χ3v) is 4.39. The molecule has 0 unspecified atom stereocenters. The summed E-state index contributed by atoms with van der Waals surface area (Å²) in [5.41, 5.74) is 8.11. The molecule has 0 aliphatic carbocycles. The minimum atomic E-state index is -0.576. The molecule has 5 N–H and O–H groups in total. The maximum absolute atomic E-state index is 12.5. The maximum Gasteiger partial charge on any atom is 0.268 e. The third kappa shape index (κ3) is 3.99. The highest BCUT2D eigenvalue weighted by Crippen LogP contribution is 2.29. The summed E-state index contributed by atoms with van der Waals surface area (Å²) in [6.45, 7) is -0.258. The molecule has 6 nitrogen and oxygen atoms in total. The van der Waals surface area contributed by atoms with E-state index in [9.17, 15) is 9.90 Å². The summed E-state index contributed by atoms with van der Waals surface area (Å²) in [5, 5.41) is 13.3. The van der Waals surface area contributed by atoms with Crippen LogP contribution < -0.4 is 11.1 Å². The SMILES string of the molecule is Nc1cc(-c2c[nH]c(C(=O)N[C@H](CO)c3cccc(Cl)c3)c2)c(Cl)cn1. The lowest BCUT2D eigenvalue weighted by molar-refractivity contribution is 0.0912. The minimum Gasteiger partial charge on any atom is -0.394 e. The van der Waals surface area contributed by atoms with Crippen molar-refractivity contribution >= 4 is 34.9 Å². The Morgan fingerprint density at radius 1 is 1.31 bits per heavy atom. The number of pyridine rings is 1. The number of halogens is 2. The van der Waals surface area contributed by atoms with E-state index in [0.717, 1.165) is 0 Å². The lowest BCUT2D eigenvalue weighted by Crippen LogP contribution is -2.31. The van der Waals surface area contributed by atoms with E-state index in [0.29, 0.717) is 38.2 Å². The minimum absolute atomic E-state index is 0.258. The van der Waals surface area contributed by atoms with E-state index in [4.69, 9.17) is 28.9 Å². The van der Waals surface area contributed by atoms with Gasteiger partial charge in [0.25, 0.3) is 5.91 Å². The van der Waals surface area contributed by atoms with E-state index in [1.807, 2.05) is 0 Å². The van der Waals surface area contributed by atoms with Gasteiger partial charge in [-0.25, -0.2) is 4.98 Å². The molecule has 0 bridgehead atoms. The van der Waals surface area contributed by atoms with Crippen LogP contribution in [0.1, 0.15) is 22.1 Å². The molecule has 134 valence electrons. The van der Waals surface area contributed by atoms with Crippen LogP contribution in [0.25, 0.3) is 11.1 Å². The Bertz CT molecular complexity index is 942. The van der Waals surface area contributed by atoms with Crippen LogP contribution in [-0.2, 0) is 0 Å². The highest BCUT2D eigenvalue weighted by atomic mass is 35.5. The molecule has 2 aromatic heterocycles. The largest absolute Gasteiger partial charge is 0.394 e. The molecule has 0 aliphatic heterocycles. The van der Waals surface area contributed by atoms with Gasteiger partial charge >= 0.3 is 0 Å². The lowest BCUT2D eigenvalue weighted by atomic mass is 10.1. The number of aromatic nitrogens is 2. The average Bonchev–Trinajstić information content (AvgIpc) is 3.11. The lowest BCUT2D eigenvalue weighted by Gasteiger charge is -2.16. The molecule has 3 rings (SSSR count). The zero-order valence-corrected chi connectivity index (χ0v) is 15.1.